The predicted molar refractivity (Wildman–Crippen MR) is 83.1 cm³/mol. The van der Waals surface area contributed by atoms with E-state index in [-0.39, 0.29) is 0 Å². The van der Waals surface area contributed by atoms with Crippen LogP contribution in [0.5, 0.6) is 0 Å². The molecule has 0 saturated carbocycles. The third kappa shape index (κ3) is 2.05. The molecule has 0 spiro atoms. The maximum Gasteiger partial charge on any atom is 0.0442 e. The highest BCUT2D eigenvalue weighted by molar-refractivity contribution is 8.76. The summed E-state index contributed by atoms with van der Waals surface area (Å²) in [4.78, 5) is 2.52. The smallest absolute Gasteiger partial charge is 0.0442 e. The van der Waals surface area contributed by atoms with E-state index in [0.717, 1.165) is 21.2 Å². The zero-order chi connectivity index (χ0) is 12.9. The summed E-state index contributed by atoms with van der Waals surface area (Å²) in [7, 11) is 3.57. The molecule has 1 aliphatic heterocycles. The number of halogens is 2. The topological polar surface area (TPSA) is 0 Å². The maximum atomic E-state index is 6.23. The molecule has 0 fully saturated rings. The highest BCUT2D eigenvalue weighted by atomic mass is 35.5. The third-order valence-electron chi connectivity index (χ3n) is 3.03. The lowest BCUT2D eigenvalue weighted by Crippen LogP contribution is -1.92. The molecule has 0 atom stereocenters. The van der Waals surface area contributed by atoms with Gasteiger partial charge in [0.25, 0.3) is 0 Å². The molecule has 2 aromatic carbocycles. The van der Waals surface area contributed by atoms with Crippen molar-refractivity contribution in [3.8, 4) is 11.1 Å². The zero-order valence-corrected chi connectivity index (χ0v) is 13.0. The van der Waals surface area contributed by atoms with Gasteiger partial charge in [0, 0.05) is 19.8 Å². The van der Waals surface area contributed by atoms with Gasteiger partial charge in [-0.3, -0.25) is 0 Å². The van der Waals surface area contributed by atoms with E-state index in [1.165, 1.54) is 20.9 Å². The maximum absolute atomic E-state index is 6.23. The number of benzene rings is 2. The SMILES string of the molecule is Cc1cc2c(cc1Cl)-c1cc(Cl)c(C)cc1SS2. The van der Waals surface area contributed by atoms with Crippen molar-refractivity contribution in [2.24, 2.45) is 0 Å². The molecular weight excluding hydrogens is 303 g/mol. The van der Waals surface area contributed by atoms with Crippen LogP contribution in [0.15, 0.2) is 34.1 Å². The minimum atomic E-state index is 0.809. The van der Waals surface area contributed by atoms with Gasteiger partial charge in [0.2, 0.25) is 0 Å². The summed E-state index contributed by atoms with van der Waals surface area (Å²) in [5.41, 5.74) is 4.60. The molecule has 0 saturated heterocycles. The van der Waals surface area contributed by atoms with Crippen molar-refractivity contribution >= 4 is 44.8 Å². The highest BCUT2D eigenvalue weighted by Crippen LogP contribution is 2.53. The van der Waals surface area contributed by atoms with Gasteiger partial charge >= 0.3 is 0 Å². The Morgan fingerprint density at radius 2 is 1.11 bits per heavy atom. The van der Waals surface area contributed by atoms with Gasteiger partial charge in [0.1, 0.15) is 0 Å². The fraction of sp³-hybridized carbons (Fsp3) is 0.143. The van der Waals surface area contributed by atoms with Crippen LogP contribution in [0, 0.1) is 13.8 Å². The summed E-state index contributed by atoms with van der Waals surface area (Å²) in [6.07, 6.45) is 0. The first-order chi connectivity index (χ1) is 8.56. The first-order valence-electron chi connectivity index (χ1n) is 5.51. The molecule has 18 heavy (non-hydrogen) atoms. The van der Waals surface area contributed by atoms with E-state index in [4.69, 9.17) is 23.2 Å². The molecule has 3 rings (SSSR count). The van der Waals surface area contributed by atoms with Crippen molar-refractivity contribution < 1.29 is 0 Å². The Morgan fingerprint density at radius 3 is 1.50 bits per heavy atom. The highest BCUT2D eigenvalue weighted by Gasteiger charge is 2.20. The van der Waals surface area contributed by atoms with Crippen molar-refractivity contribution in [3.63, 3.8) is 0 Å². The first kappa shape index (κ1) is 12.7. The summed E-state index contributed by atoms with van der Waals surface area (Å²) in [6.45, 7) is 4.07. The molecule has 0 aliphatic carbocycles. The Balaban J connectivity index is 2.28. The summed E-state index contributed by atoms with van der Waals surface area (Å²) in [6, 6.07) is 8.38. The molecule has 0 amide bonds. The van der Waals surface area contributed by atoms with E-state index in [2.05, 4.69) is 12.1 Å². The predicted octanol–water partition coefficient (Wildman–Crippen LogP) is 6.39. The standard InChI is InChI=1S/C14H10Cl2S2/c1-7-3-13-9(5-11(7)15)10-6-12(16)8(2)4-14(10)18-17-13/h3-6H,1-2H3. The molecule has 92 valence electrons. The van der Waals surface area contributed by atoms with Gasteiger partial charge in [0.05, 0.1) is 0 Å². The number of aryl methyl sites for hydroxylation is 2. The van der Waals surface area contributed by atoms with Crippen molar-refractivity contribution in [1.82, 2.24) is 0 Å². The van der Waals surface area contributed by atoms with Crippen LogP contribution in [0.4, 0.5) is 0 Å². The lowest BCUT2D eigenvalue weighted by atomic mass is 10.0. The summed E-state index contributed by atoms with van der Waals surface area (Å²) >= 11 is 12.5. The van der Waals surface area contributed by atoms with Gasteiger partial charge in [-0.2, -0.15) is 0 Å². The van der Waals surface area contributed by atoms with Crippen molar-refractivity contribution in [2.45, 2.75) is 23.6 Å². The second-order valence-corrected chi connectivity index (χ2v) is 7.39. The number of rotatable bonds is 0. The Kier molecular flexibility index (Phi) is 3.31. The van der Waals surface area contributed by atoms with E-state index in [1.54, 1.807) is 21.6 Å². The Hall–Kier alpha value is -0.280. The molecule has 0 unspecified atom stereocenters. The molecule has 0 bridgehead atoms. The molecule has 2 aromatic rings. The van der Waals surface area contributed by atoms with Crippen LogP contribution in [0.25, 0.3) is 11.1 Å². The Labute approximate surface area is 124 Å². The van der Waals surface area contributed by atoms with Gasteiger partial charge in [0.15, 0.2) is 0 Å². The number of hydrogen-bond donors (Lipinski definition) is 0. The quantitative estimate of drug-likeness (QED) is 0.517. The molecule has 1 heterocycles. The Morgan fingerprint density at radius 1 is 0.722 bits per heavy atom. The van der Waals surface area contributed by atoms with Crippen molar-refractivity contribution in [1.29, 1.82) is 0 Å². The molecule has 0 nitrogen and oxygen atoms in total. The minimum Gasteiger partial charge on any atom is -0.0840 e. The van der Waals surface area contributed by atoms with E-state index in [9.17, 15) is 0 Å². The fourth-order valence-corrected chi connectivity index (χ4v) is 4.80. The number of fused-ring (bicyclic) bond motifs is 3. The van der Waals surface area contributed by atoms with Gasteiger partial charge in [-0.25, -0.2) is 0 Å². The van der Waals surface area contributed by atoms with E-state index < -0.39 is 0 Å². The first-order valence-corrected chi connectivity index (χ1v) is 8.42. The van der Waals surface area contributed by atoms with Crippen LogP contribution in [-0.4, -0.2) is 0 Å². The minimum absolute atomic E-state index is 0.809. The van der Waals surface area contributed by atoms with Crippen LogP contribution in [-0.2, 0) is 0 Å². The average molecular weight is 313 g/mol. The molecule has 0 radical (unpaired) electrons. The Bertz CT molecular complexity index is 593. The molecule has 0 aromatic heterocycles. The van der Waals surface area contributed by atoms with Crippen LogP contribution in [0.2, 0.25) is 10.0 Å². The van der Waals surface area contributed by atoms with Crippen molar-refractivity contribution in [3.05, 3.63) is 45.4 Å². The summed E-state index contributed by atoms with van der Waals surface area (Å²) in [5, 5.41) is 1.62. The second-order valence-electron chi connectivity index (χ2n) is 4.36. The van der Waals surface area contributed by atoms with E-state index in [1.807, 2.05) is 26.0 Å². The van der Waals surface area contributed by atoms with Crippen LogP contribution >= 0.6 is 44.8 Å². The van der Waals surface area contributed by atoms with Crippen LogP contribution in [0.3, 0.4) is 0 Å². The number of hydrogen-bond acceptors (Lipinski definition) is 2. The largest absolute Gasteiger partial charge is 0.0840 e. The molecular formula is C14H10Cl2S2. The zero-order valence-electron chi connectivity index (χ0n) is 9.88. The normalized spacial score (nSPS) is 13.1. The summed E-state index contributed by atoms with van der Waals surface area (Å²) < 4.78 is 0. The lowest BCUT2D eigenvalue weighted by Gasteiger charge is -2.20. The van der Waals surface area contributed by atoms with E-state index in [0.29, 0.717) is 0 Å². The van der Waals surface area contributed by atoms with Gasteiger partial charge in [-0.1, -0.05) is 44.8 Å². The second kappa shape index (κ2) is 4.68. The lowest BCUT2D eigenvalue weighted by molar-refractivity contribution is 1.31. The average Bonchev–Trinajstić information content (AvgIpc) is 2.33. The van der Waals surface area contributed by atoms with Crippen LogP contribution < -0.4 is 0 Å². The monoisotopic (exact) mass is 312 g/mol. The van der Waals surface area contributed by atoms with E-state index >= 15 is 0 Å². The van der Waals surface area contributed by atoms with Crippen LogP contribution in [0.1, 0.15) is 11.1 Å². The molecule has 4 heteroatoms. The summed E-state index contributed by atoms with van der Waals surface area (Å²) in [5.74, 6) is 0. The van der Waals surface area contributed by atoms with Gasteiger partial charge in [-0.15, -0.1) is 0 Å². The van der Waals surface area contributed by atoms with Gasteiger partial charge < -0.3 is 0 Å². The molecule has 1 aliphatic rings. The third-order valence-corrected chi connectivity index (χ3v) is 6.29. The van der Waals surface area contributed by atoms with Gasteiger partial charge in [-0.05, 0) is 60.4 Å². The van der Waals surface area contributed by atoms with Crippen molar-refractivity contribution in [2.75, 3.05) is 0 Å². The molecule has 0 N–H and O–H groups in total. The fourth-order valence-electron chi connectivity index (χ4n) is 1.96.